The van der Waals surface area contributed by atoms with Gasteiger partial charge in [0.1, 0.15) is 11.8 Å². The third-order valence-corrected chi connectivity index (χ3v) is 5.34. The van der Waals surface area contributed by atoms with Gasteiger partial charge in [0.15, 0.2) is 0 Å². The Labute approximate surface area is 150 Å². The molecule has 1 amide bonds. The van der Waals surface area contributed by atoms with Gasteiger partial charge in [-0.2, -0.15) is 0 Å². The van der Waals surface area contributed by atoms with Crippen molar-refractivity contribution in [3.05, 3.63) is 29.8 Å². The van der Waals surface area contributed by atoms with Crippen LogP contribution < -0.4 is 26.2 Å². The number of piperidine rings is 1. The van der Waals surface area contributed by atoms with E-state index in [-0.39, 0.29) is 18.0 Å². The van der Waals surface area contributed by atoms with Crippen LogP contribution in [0.4, 0.5) is 0 Å². The lowest BCUT2D eigenvalue weighted by atomic mass is 9.88. The van der Waals surface area contributed by atoms with Crippen molar-refractivity contribution in [1.29, 1.82) is 0 Å². The number of ether oxygens (including phenoxy) is 1. The third kappa shape index (κ3) is 4.32. The summed E-state index contributed by atoms with van der Waals surface area (Å²) in [5.41, 5.74) is 7.63. The lowest BCUT2D eigenvalue weighted by Crippen LogP contribution is -2.49. The monoisotopic (exact) mass is 346 g/mol. The van der Waals surface area contributed by atoms with Crippen LogP contribution in [-0.4, -0.2) is 38.2 Å². The summed E-state index contributed by atoms with van der Waals surface area (Å²) in [5, 5.41) is 6.67. The van der Waals surface area contributed by atoms with E-state index in [1.165, 1.54) is 0 Å². The van der Waals surface area contributed by atoms with Gasteiger partial charge in [-0.3, -0.25) is 10.2 Å². The van der Waals surface area contributed by atoms with Crippen molar-refractivity contribution in [1.82, 2.24) is 21.5 Å². The molecule has 0 bridgehead atoms. The SMILES string of the molecule is CCCCC(NC(=O)C1NNC2CCNCC21)c1ccc(OC)cc1. The average molecular weight is 346 g/mol. The van der Waals surface area contributed by atoms with Crippen LogP contribution in [0.25, 0.3) is 0 Å². The smallest absolute Gasteiger partial charge is 0.239 e. The van der Waals surface area contributed by atoms with E-state index in [0.29, 0.717) is 12.0 Å². The Morgan fingerprint density at radius 1 is 1.32 bits per heavy atom. The van der Waals surface area contributed by atoms with Crippen molar-refractivity contribution in [2.75, 3.05) is 20.2 Å². The molecule has 2 saturated heterocycles. The predicted octanol–water partition coefficient (Wildman–Crippen LogP) is 1.50. The van der Waals surface area contributed by atoms with Crippen molar-refractivity contribution in [3.8, 4) is 5.75 Å². The van der Waals surface area contributed by atoms with Gasteiger partial charge in [0, 0.05) is 18.5 Å². The molecule has 0 aliphatic carbocycles. The zero-order valence-electron chi connectivity index (χ0n) is 15.2. The number of methoxy groups -OCH3 is 1. The maximum Gasteiger partial charge on any atom is 0.239 e. The molecule has 4 atom stereocenters. The van der Waals surface area contributed by atoms with Gasteiger partial charge in [-0.15, -0.1) is 0 Å². The summed E-state index contributed by atoms with van der Waals surface area (Å²) in [6.45, 7) is 4.06. The number of nitrogens with one attached hydrogen (secondary N) is 4. The Hall–Kier alpha value is -1.63. The molecule has 2 heterocycles. The van der Waals surface area contributed by atoms with E-state index < -0.39 is 0 Å². The minimum Gasteiger partial charge on any atom is -0.497 e. The maximum atomic E-state index is 12.9. The number of hydrogen-bond donors (Lipinski definition) is 4. The summed E-state index contributed by atoms with van der Waals surface area (Å²) < 4.78 is 5.24. The lowest BCUT2D eigenvalue weighted by molar-refractivity contribution is -0.124. The van der Waals surface area contributed by atoms with Gasteiger partial charge < -0.3 is 15.4 Å². The highest BCUT2D eigenvalue weighted by molar-refractivity contribution is 5.83. The fraction of sp³-hybridized carbons (Fsp3) is 0.632. The number of rotatable bonds is 7. The minimum absolute atomic E-state index is 0.0377. The van der Waals surface area contributed by atoms with Gasteiger partial charge in [0.2, 0.25) is 5.91 Å². The topological polar surface area (TPSA) is 74.4 Å². The lowest BCUT2D eigenvalue weighted by Gasteiger charge is -2.28. The largest absolute Gasteiger partial charge is 0.497 e. The van der Waals surface area contributed by atoms with E-state index in [4.69, 9.17) is 4.74 Å². The summed E-state index contributed by atoms with van der Waals surface area (Å²) in [6, 6.07) is 8.24. The summed E-state index contributed by atoms with van der Waals surface area (Å²) >= 11 is 0. The minimum atomic E-state index is -0.180. The number of hydrazine groups is 1. The Morgan fingerprint density at radius 2 is 2.12 bits per heavy atom. The number of fused-ring (bicyclic) bond motifs is 1. The quantitative estimate of drug-likeness (QED) is 0.602. The first-order valence-corrected chi connectivity index (χ1v) is 9.39. The summed E-state index contributed by atoms with van der Waals surface area (Å²) in [7, 11) is 1.67. The number of carbonyl (C=O) groups is 1. The molecule has 3 rings (SSSR count). The predicted molar refractivity (Wildman–Crippen MR) is 98.2 cm³/mol. The molecule has 138 valence electrons. The molecule has 1 aromatic rings. The van der Waals surface area contributed by atoms with E-state index in [9.17, 15) is 4.79 Å². The van der Waals surface area contributed by atoms with Gasteiger partial charge >= 0.3 is 0 Å². The van der Waals surface area contributed by atoms with E-state index >= 15 is 0 Å². The second-order valence-corrected chi connectivity index (χ2v) is 7.01. The first-order chi connectivity index (χ1) is 12.2. The van der Waals surface area contributed by atoms with Crippen LogP contribution in [0.2, 0.25) is 0 Å². The van der Waals surface area contributed by atoms with Crippen LogP contribution in [0.15, 0.2) is 24.3 Å². The van der Waals surface area contributed by atoms with Crippen molar-refractivity contribution in [2.45, 2.75) is 50.7 Å². The fourth-order valence-electron chi connectivity index (χ4n) is 3.80. The molecule has 0 spiro atoms. The molecule has 0 aromatic heterocycles. The molecule has 2 aliphatic rings. The number of benzene rings is 1. The van der Waals surface area contributed by atoms with E-state index in [1.807, 2.05) is 24.3 Å². The maximum absolute atomic E-state index is 12.9. The van der Waals surface area contributed by atoms with Crippen molar-refractivity contribution >= 4 is 5.91 Å². The fourth-order valence-corrected chi connectivity index (χ4v) is 3.80. The van der Waals surface area contributed by atoms with Crippen LogP contribution in [0, 0.1) is 5.92 Å². The normalized spacial score (nSPS) is 26.7. The third-order valence-electron chi connectivity index (χ3n) is 5.34. The standard InChI is InChI=1S/C19H30N4O2/c1-3-4-5-16(13-6-8-14(25-2)9-7-13)21-19(24)18-15-12-20-11-10-17(15)22-23-18/h6-9,15-18,20,22-23H,3-5,10-12H2,1-2H3,(H,21,24). The molecular formula is C19H30N4O2. The molecule has 4 N–H and O–H groups in total. The van der Waals surface area contributed by atoms with Crippen LogP contribution in [-0.2, 0) is 4.79 Å². The highest BCUT2D eigenvalue weighted by Crippen LogP contribution is 2.24. The Kier molecular flexibility index (Phi) is 6.29. The second kappa shape index (κ2) is 8.65. The van der Waals surface area contributed by atoms with Crippen LogP contribution >= 0.6 is 0 Å². The molecule has 2 aliphatic heterocycles. The highest BCUT2D eigenvalue weighted by atomic mass is 16.5. The number of hydrogen-bond acceptors (Lipinski definition) is 5. The highest BCUT2D eigenvalue weighted by Gasteiger charge is 2.41. The zero-order chi connectivity index (χ0) is 17.6. The average Bonchev–Trinajstić information content (AvgIpc) is 3.09. The number of amides is 1. The van der Waals surface area contributed by atoms with E-state index in [0.717, 1.165) is 50.1 Å². The second-order valence-electron chi connectivity index (χ2n) is 7.01. The van der Waals surface area contributed by atoms with Crippen LogP contribution in [0.3, 0.4) is 0 Å². The summed E-state index contributed by atoms with van der Waals surface area (Å²) in [5.74, 6) is 1.22. The Morgan fingerprint density at radius 3 is 2.84 bits per heavy atom. The van der Waals surface area contributed by atoms with Gasteiger partial charge in [0.25, 0.3) is 0 Å². The van der Waals surface area contributed by atoms with Crippen LogP contribution in [0.5, 0.6) is 5.75 Å². The van der Waals surface area contributed by atoms with Crippen molar-refractivity contribution in [2.24, 2.45) is 5.92 Å². The molecule has 2 fully saturated rings. The Balaban J connectivity index is 1.67. The van der Waals surface area contributed by atoms with Gasteiger partial charge in [0.05, 0.1) is 13.2 Å². The van der Waals surface area contributed by atoms with Crippen molar-refractivity contribution in [3.63, 3.8) is 0 Å². The molecule has 4 unspecified atom stereocenters. The molecule has 0 saturated carbocycles. The van der Waals surface area contributed by atoms with Gasteiger partial charge in [-0.05, 0) is 37.1 Å². The number of carbonyl (C=O) groups excluding carboxylic acids is 1. The molecular weight excluding hydrogens is 316 g/mol. The van der Waals surface area contributed by atoms with Gasteiger partial charge in [-0.1, -0.05) is 31.9 Å². The van der Waals surface area contributed by atoms with E-state index in [1.54, 1.807) is 7.11 Å². The summed E-state index contributed by atoms with van der Waals surface area (Å²) in [4.78, 5) is 12.9. The van der Waals surface area contributed by atoms with Crippen LogP contribution in [0.1, 0.15) is 44.2 Å². The van der Waals surface area contributed by atoms with Gasteiger partial charge in [-0.25, -0.2) is 5.43 Å². The molecule has 0 radical (unpaired) electrons. The zero-order valence-corrected chi connectivity index (χ0v) is 15.2. The Bertz CT molecular complexity index is 563. The molecule has 6 nitrogen and oxygen atoms in total. The first-order valence-electron chi connectivity index (χ1n) is 9.39. The number of unbranched alkanes of at least 4 members (excludes halogenated alkanes) is 1. The van der Waals surface area contributed by atoms with E-state index in [2.05, 4.69) is 28.4 Å². The van der Waals surface area contributed by atoms with Crippen molar-refractivity contribution < 1.29 is 9.53 Å². The summed E-state index contributed by atoms with van der Waals surface area (Å²) in [6.07, 6.45) is 4.20. The molecule has 6 heteroatoms. The first kappa shape index (κ1) is 18.2. The molecule has 1 aromatic carbocycles. The molecule has 25 heavy (non-hydrogen) atoms.